The van der Waals surface area contributed by atoms with Crippen LogP contribution in [0.25, 0.3) is 16.0 Å². The number of aliphatic hydroxyl groups is 1. The lowest BCUT2D eigenvalue weighted by atomic mass is 10.00. The molecule has 0 saturated heterocycles. The number of benzene rings is 2. The summed E-state index contributed by atoms with van der Waals surface area (Å²) < 4.78 is 5.37. The van der Waals surface area contributed by atoms with Crippen LogP contribution < -0.4 is 10.5 Å². The Morgan fingerprint density at radius 2 is 1.89 bits per heavy atom. The van der Waals surface area contributed by atoms with Gasteiger partial charge in [0.25, 0.3) is 0 Å². The van der Waals surface area contributed by atoms with Crippen molar-refractivity contribution in [2.24, 2.45) is 0 Å². The van der Waals surface area contributed by atoms with Crippen molar-refractivity contribution in [2.75, 3.05) is 18.9 Å². The Bertz CT molecular complexity index is 1050. The van der Waals surface area contributed by atoms with E-state index >= 15 is 0 Å². The minimum absolute atomic E-state index is 0.0802. The van der Waals surface area contributed by atoms with Gasteiger partial charge in [-0.05, 0) is 29.8 Å². The number of pyridine rings is 1. The van der Waals surface area contributed by atoms with Gasteiger partial charge in [-0.3, -0.25) is 0 Å². The first kappa shape index (κ1) is 19.2. The Morgan fingerprint density at radius 1 is 1.18 bits per heavy atom. The van der Waals surface area contributed by atoms with Crippen molar-refractivity contribution < 1.29 is 9.84 Å². The first-order valence-corrected chi connectivity index (χ1v) is 9.17. The van der Waals surface area contributed by atoms with Gasteiger partial charge in [0.05, 0.1) is 18.7 Å². The van der Waals surface area contributed by atoms with E-state index in [0.29, 0.717) is 27.5 Å². The zero-order valence-electron chi connectivity index (χ0n) is 14.8. The maximum atomic E-state index is 9.82. The topological polar surface area (TPSA) is 96.5 Å². The number of rotatable bonds is 6. The molecular weight excluding hydrogens is 372 g/mol. The Kier molecular flexibility index (Phi) is 6.13. The Hall–Kier alpha value is -3.52. The third-order valence-corrected chi connectivity index (χ3v) is 4.85. The molecule has 1 aromatic heterocycles. The normalized spacial score (nSPS) is 10.1. The highest BCUT2D eigenvalue weighted by molar-refractivity contribution is 7.99. The van der Waals surface area contributed by atoms with Gasteiger partial charge in [-0.25, -0.2) is 9.83 Å². The third kappa shape index (κ3) is 4.07. The van der Waals surface area contributed by atoms with Gasteiger partial charge in [-0.2, -0.15) is 5.26 Å². The van der Waals surface area contributed by atoms with Crippen LogP contribution in [0, 0.1) is 17.9 Å². The molecule has 7 heteroatoms. The second kappa shape index (κ2) is 8.92. The first-order chi connectivity index (χ1) is 13.7. The summed E-state index contributed by atoms with van der Waals surface area (Å²) in [5.74, 6) is 0.671. The lowest BCUT2D eigenvalue weighted by Crippen LogP contribution is -2.01. The number of nitrogens with two attached hydrogens (primary N) is 1. The lowest BCUT2D eigenvalue weighted by Gasteiger charge is -2.14. The van der Waals surface area contributed by atoms with E-state index in [4.69, 9.17) is 22.1 Å². The van der Waals surface area contributed by atoms with Crippen LogP contribution >= 0.6 is 11.8 Å². The number of aliphatic hydroxyl groups excluding tert-OH is 1. The molecule has 3 aromatic rings. The second-order valence-electron chi connectivity index (χ2n) is 5.64. The van der Waals surface area contributed by atoms with E-state index < -0.39 is 0 Å². The van der Waals surface area contributed by atoms with Crippen molar-refractivity contribution in [1.82, 2.24) is 4.98 Å². The van der Waals surface area contributed by atoms with Crippen LogP contribution in [-0.4, -0.2) is 23.3 Å². The number of hydrogen-bond donors (Lipinski definition) is 2. The number of nitriles is 1. The van der Waals surface area contributed by atoms with Crippen LogP contribution in [-0.2, 0) is 0 Å². The average Bonchev–Trinajstić information content (AvgIpc) is 2.73. The van der Waals surface area contributed by atoms with Gasteiger partial charge < -0.3 is 15.6 Å². The summed E-state index contributed by atoms with van der Waals surface area (Å²) in [5, 5.41) is 19.1. The van der Waals surface area contributed by atoms with Crippen molar-refractivity contribution >= 4 is 23.3 Å². The van der Waals surface area contributed by atoms with Gasteiger partial charge in [-0.1, -0.05) is 42.1 Å². The number of aromatic nitrogens is 1. The molecule has 0 unspecified atom stereocenters. The quantitative estimate of drug-likeness (QED) is 0.612. The molecule has 3 rings (SSSR count). The zero-order chi connectivity index (χ0) is 19.9. The smallest absolute Gasteiger partial charge is 0.236 e. The molecule has 2 aromatic carbocycles. The van der Waals surface area contributed by atoms with Crippen LogP contribution in [0.4, 0.5) is 11.5 Å². The van der Waals surface area contributed by atoms with Gasteiger partial charge in [-0.15, -0.1) is 0 Å². The Morgan fingerprint density at radius 3 is 2.50 bits per heavy atom. The fourth-order valence-electron chi connectivity index (χ4n) is 2.62. The van der Waals surface area contributed by atoms with Gasteiger partial charge in [0.2, 0.25) is 5.69 Å². The molecule has 0 saturated carbocycles. The minimum Gasteiger partial charge on any atom is -0.491 e. The summed E-state index contributed by atoms with van der Waals surface area (Å²) in [7, 11) is 0. The van der Waals surface area contributed by atoms with Crippen molar-refractivity contribution in [3.05, 3.63) is 71.6 Å². The Labute approximate surface area is 167 Å². The Balaban J connectivity index is 2.11. The van der Waals surface area contributed by atoms with E-state index in [1.165, 1.54) is 11.8 Å². The van der Waals surface area contributed by atoms with E-state index in [2.05, 4.69) is 15.9 Å². The highest BCUT2D eigenvalue weighted by atomic mass is 32.2. The summed E-state index contributed by atoms with van der Waals surface area (Å²) in [6.45, 7) is 7.62. The molecule has 0 fully saturated rings. The van der Waals surface area contributed by atoms with Crippen molar-refractivity contribution in [3.8, 4) is 22.9 Å². The predicted molar refractivity (Wildman–Crippen MR) is 108 cm³/mol. The number of nitrogen functional groups attached to an aromatic ring is 1. The van der Waals surface area contributed by atoms with Crippen molar-refractivity contribution in [3.63, 3.8) is 0 Å². The molecule has 1 heterocycles. The SMILES string of the molecule is [C-]#[N+]c1c(N)nc(Sc2ccccc2)c(C#N)c1-c1ccc(OCCO)cc1. The molecule has 6 nitrogen and oxygen atoms in total. The van der Waals surface area contributed by atoms with E-state index in [1.807, 2.05) is 30.3 Å². The van der Waals surface area contributed by atoms with E-state index in [0.717, 1.165) is 4.90 Å². The maximum absolute atomic E-state index is 9.82. The van der Waals surface area contributed by atoms with Crippen LogP contribution in [0.5, 0.6) is 5.75 Å². The predicted octanol–water partition coefficient (Wildman–Crippen LogP) is 4.28. The van der Waals surface area contributed by atoms with E-state index in [-0.39, 0.29) is 24.7 Å². The average molecular weight is 388 g/mol. The standard InChI is InChI=1S/C21H16N4O2S/c1-24-19-18(14-7-9-15(10-8-14)27-12-11-26)17(13-22)21(25-20(19)23)28-16-5-3-2-4-6-16/h2-10,26H,11-12H2,(H2,23,25). The molecule has 0 bridgehead atoms. The van der Waals surface area contributed by atoms with E-state index in [1.54, 1.807) is 24.3 Å². The number of nitrogens with zero attached hydrogens (tertiary/aromatic N) is 3. The fraction of sp³-hybridized carbons (Fsp3) is 0.0952. The van der Waals surface area contributed by atoms with Crippen molar-refractivity contribution in [2.45, 2.75) is 9.92 Å². The molecule has 0 atom stereocenters. The van der Waals surface area contributed by atoms with Crippen LogP contribution in [0.1, 0.15) is 5.56 Å². The zero-order valence-corrected chi connectivity index (χ0v) is 15.6. The lowest BCUT2D eigenvalue weighted by molar-refractivity contribution is 0.201. The number of anilines is 1. The first-order valence-electron chi connectivity index (χ1n) is 8.36. The molecule has 0 radical (unpaired) electrons. The molecule has 28 heavy (non-hydrogen) atoms. The monoisotopic (exact) mass is 388 g/mol. The second-order valence-corrected chi connectivity index (χ2v) is 6.70. The largest absolute Gasteiger partial charge is 0.491 e. The fourth-order valence-corrected chi connectivity index (χ4v) is 3.54. The molecule has 138 valence electrons. The molecule has 0 aliphatic rings. The van der Waals surface area contributed by atoms with Crippen molar-refractivity contribution in [1.29, 1.82) is 5.26 Å². The minimum atomic E-state index is -0.0802. The number of ether oxygens (including phenoxy) is 1. The van der Waals surface area contributed by atoms with Crippen LogP contribution in [0.2, 0.25) is 0 Å². The summed E-state index contributed by atoms with van der Waals surface area (Å²) >= 11 is 1.33. The molecule has 0 aliphatic carbocycles. The molecule has 0 aliphatic heterocycles. The summed E-state index contributed by atoms with van der Waals surface area (Å²) in [6.07, 6.45) is 0. The molecular formula is C21H16N4O2S. The van der Waals surface area contributed by atoms with Gasteiger partial charge in [0.1, 0.15) is 29.3 Å². The van der Waals surface area contributed by atoms with Crippen LogP contribution in [0.3, 0.4) is 0 Å². The van der Waals surface area contributed by atoms with Crippen LogP contribution in [0.15, 0.2) is 64.5 Å². The highest BCUT2D eigenvalue weighted by Crippen LogP contribution is 2.42. The van der Waals surface area contributed by atoms with E-state index in [9.17, 15) is 5.26 Å². The van der Waals surface area contributed by atoms with Gasteiger partial charge in [0, 0.05) is 10.5 Å². The molecule has 3 N–H and O–H groups in total. The highest BCUT2D eigenvalue weighted by Gasteiger charge is 2.21. The third-order valence-electron chi connectivity index (χ3n) is 3.85. The molecule has 0 spiro atoms. The number of hydrogen-bond acceptors (Lipinski definition) is 6. The van der Waals surface area contributed by atoms with Gasteiger partial charge >= 0.3 is 0 Å². The van der Waals surface area contributed by atoms with Gasteiger partial charge in [0.15, 0.2) is 0 Å². The summed E-state index contributed by atoms with van der Waals surface area (Å²) in [4.78, 5) is 8.74. The summed E-state index contributed by atoms with van der Waals surface area (Å²) in [6, 6.07) is 18.7. The molecule has 0 amide bonds. The summed E-state index contributed by atoms with van der Waals surface area (Å²) in [5.41, 5.74) is 7.62. The maximum Gasteiger partial charge on any atom is 0.236 e.